The Kier molecular flexibility index (Phi) is 5.07. The second-order valence-electron chi connectivity index (χ2n) is 7.11. The zero-order valence-electron chi connectivity index (χ0n) is 15.5. The summed E-state index contributed by atoms with van der Waals surface area (Å²) in [6, 6.07) is 6.42. The number of aromatic nitrogens is 3. The minimum absolute atomic E-state index is 0.101. The van der Waals surface area contributed by atoms with E-state index in [1.54, 1.807) is 17.0 Å². The summed E-state index contributed by atoms with van der Waals surface area (Å²) >= 11 is 0. The van der Waals surface area contributed by atoms with E-state index in [0.29, 0.717) is 32.1 Å². The third-order valence-electron chi connectivity index (χ3n) is 5.41. The normalized spacial score (nSPS) is 20.4. The van der Waals surface area contributed by atoms with Crippen molar-refractivity contribution in [3.63, 3.8) is 0 Å². The average Bonchev–Trinajstić information content (AvgIpc) is 3.20. The average molecular weight is 373 g/mol. The van der Waals surface area contributed by atoms with Crippen LogP contribution in [0.3, 0.4) is 0 Å². The van der Waals surface area contributed by atoms with E-state index in [2.05, 4.69) is 26.7 Å². The number of carbonyl (C=O) groups excluding carboxylic acids is 1. The first-order valence-corrected chi connectivity index (χ1v) is 9.41. The van der Waals surface area contributed by atoms with Crippen molar-refractivity contribution in [3.05, 3.63) is 41.7 Å². The molecule has 7 nitrogen and oxygen atoms in total. The van der Waals surface area contributed by atoms with Gasteiger partial charge in [-0.05, 0) is 38.6 Å². The van der Waals surface area contributed by atoms with Gasteiger partial charge in [-0.15, -0.1) is 10.2 Å². The quantitative estimate of drug-likeness (QED) is 0.815. The van der Waals surface area contributed by atoms with Crippen LogP contribution in [0.15, 0.2) is 24.3 Å². The molecule has 2 aliphatic rings. The highest BCUT2D eigenvalue weighted by atomic mass is 19.1. The van der Waals surface area contributed by atoms with Crippen molar-refractivity contribution in [1.29, 1.82) is 0 Å². The molecule has 0 aliphatic carbocycles. The molecule has 27 heavy (non-hydrogen) atoms. The number of hydrogen-bond donors (Lipinski definition) is 0. The maximum absolute atomic E-state index is 13.6. The number of fused-ring (bicyclic) bond motifs is 1. The second-order valence-corrected chi connectivity index (χ2v) is 7.11. The number of rotatable bonds is 4. The molecule has 0 bridgehead atoms. The van der Waals surface area contributed by atoms with Gasteiger partial charge in [0.2, 0.25) is 0 Å². The molecule has 0 spiro atoms. The minimum Gasteiger partial charge on any atom is -0.481 e. The molecule has 1 unspecified atom stereocenters. The van der Waals surface area contributed by atoms with Gasteiger partial charge in [-0.2, -0.15) is 0 Å². The molecular formula is C19H24FN5O2. The summed E-state index contributed by atoms with van der Waals surface area (Å²) in [5.74, 6) is 1.43. The van der Waals surface area contributed by atoms with Crippen LogP contribution in [-0.2, 0) is 17.8 Å². The molecule has 144 valence electrons. The monoisotopic (exact) mass is 373 g/mol. The molecule has 1 saturated heterocycles. The van der Waals surface area contributed by atoms with Gasteiger partial charge in [0.05, 0.1) is 6.04 Å². The SMILES string of the molecule is CN1CCCC1c1nnc2n1CCN(C(=O)COc1ccccc1F)CC2. The lowest BCUT2D eigenvalue weighted by Gasteiger charge is -2.22. The van der Waals surface area contributed by atoms with Gasteiger partial charge in [0.15, 0.2) is 18.2 Å². The maximum atomic E-state index is 13.6. The molecule has 1 aromatic carbocycles. The highest BCUT2D eigenvalue weighted by molar-refractivity contribution is 5.77. The van der Waals surface area contributed by atoms with Gasteiger partial charge in [-0.1, -0.05) is 12.1 Å². The van der Waals surface area contributed by atoms with Crippen molar-refractivity contribution in [2.24, 2.45) is 0 Å². The first kappa shape index (κ1) is 17.9. The molecule has 2 aliphatic heterocycles. The number of carbonyl (C=O) groups is 1. The molecule has 2 aromatic rings. The van der Waals surface area contributed by atoms with Crippen LogP contribution in [0.5, 0.6) is 5.75 Å². The fourth-order valence-corrected chi connectivity index (χ4v) is 3.87. The van der Waals surface area contributed by atoms with E-state index in [4.69, 9.17) is 4.74 Å². The molecular weight excluding hydrogens is 349 g/mol. The predicted molar refractivity (Wildman–Crippen MR) is 96.8 cm³/mol. The second kappa shape index (κ2) is 7.64. The van der Waals surface area contributed by atoms with Gasteiger partial charge in [0, 0.05) is 26.1 Å². The molecule has 1 amide bonds. The van der Waals surface area contributed by atoms with Crippen molar-refractivity contribution in [2.45, 2.75) is 31.8 Å². The van der Waals surface area contributed by atoms with Crippen molar-refractivity contribution < 1.29 is 13.9 Å². The lowest BCUT2D eigenvalue weighted by molar-refractivity contribution is -0.133. The summed E-state index contributed by atoms with van der Waals surface area (Å²) in [5.41, 5.74) is 0. The molecule has 0 saturated carbocycles. The molecule has 8 heteroatoms. The molecule has 0 radical (unpaired) electrons. The van der Waals surface area contributed by atoms with Crippen molar-refractivity contribution in [2.75, 3.05) is 33.3 Å². The Bertz CT molecular complexity index is 824. The molecule has 3 heterocycles. The molecule has 1 fully saturated rings. The number of ether oxygens (including phenoxy) is 1. The Labute approximate surface area is 157 Å². The van der Waals surface area contributed by atoms with Gasteiger partial charge >= 0.3 is 0 Å². The van der Waals surface area contributed by atoms with Crippen LogP contribution in [0, 0.1) is 5.82 Å². The Hall–Kier alpha value is -2.48. The third-order valence-corrected chi connectivity index (χ3v) is 5.41. The fourth-order valence-electron chi connectivity index (χ4n) is 3.87. The Balaban J connectivity index is 1.39. The van der Waals surface area contributed by atoms with E-state index in [0.717, 1.165) is 24.6 Å². The maximum Gasteiger partial charge on any atom is 0.260 e. The van der Waals surface area contributed by atoms with Gasteiger partial charge in [-0.25, -0.2) is 4.39 Å². The van der Waals surface area contributed by atoms with E-state index in [1.807, 2.05) is 0 Å². The lowest BCUT2D eigenvalue weighted by Crippen LogP contribution is -2.37. The fraction of sp³-hybridized carbons (Fsp3) is 0.526. The highest BCUT2D eigenvalue weighted by Crippen LogP contribution is 2.30. The summed E-state index contributed by atoms with van der Waals surface area (Å²) in [6.07, 6.45) is 2.92. The van der Waals surface area contributed by atoms with Gasteiger partial charge in [0.25, 0.3) is 5.91 Å². The first-order valence-electron chi connectivity index (χ1n) is 9.41. The summed E-state index contributed by atoms with van der Waals surface area (Å²) in [5, 5.41) is 8.79. The zero-order chi connectivity index (χ0) is 18.8. The van der Waals surface area contributed by atoms with Gasteiger partial charge in [-0.3, -0.25) is 9.69 Å². The summed E-state index contributed by atoms with van der Waals surface area (Å²) in [6.45, 7) is 2.73. The molecule has 0 N–H and O–H groups in total. The first-order chi connectivity index (χ1) is 13.1. The number of benzene rings is 1. The van der Waals surface area contributed by atoms with Crippen molar-refractivity contribution >= 4 is 5.91 Å². The largest absolute Gasteiger partial charge is 0.481 e. The summed E-state index contributed by atoms with van der Waals surface area (Å²) in [7, 11) is 2.12. The van der Waals surface area contributed by atoms with Gasteiger partial charge in [0.1, 0.15) is 11.6 Å². The number of halogens is 1. The van der Waals surface area contributed by atoms with E-state index >= 15 is 0 Å². The van der Waals surface area contributed by atoms with Gasteiger partial charge < -0.3 is 14.2 Å². The Morgan fingerprint density at radius 1 is 1.22 bits per heavy atom. The highest BCUT2D eigenvalue weighted by Gasteiger charge is 2.30. The van der Waals surface area contributed by atoms with Crippen LogP contribution in [0.4, 0.5) is 4.39 Å². The smallest absolute Gasteiger partial charge is 0.260 e. The number of para-hydroxylation sites is 1. The standard InChI is InChI=1S/C19H24FN5O2/c1-23-9-4-6-15(23)19-22-21-17-8-10-24(11-12-25(17)19)18(26)13-27-16-7-3-2-5-14(16)20/h2-3,5,7,15H,4,6,8-13H2,1H3. The van der Waals surface area contributed by atoms with Crippen LogP contribution in [-0.4, -0.2) is 63.8 Å². The number of likely N-dealkylation sites (tertiary alicyclic amines) is 1. The molecule has 4 rings (SSSR count). The summed E-state index contributed by atoms with van der Waals surface area (Å²) in [4.78, 5) is 16.6. The van der Waals surface area contributed by atoms with Crippen molar-refractivity contribution in [3.8, 4) is 5.75 Å². The van der Waals surface area contributed by atoms with Crippen LogP contribution < -0.4 is 4.74 Å². The van der Waals surface area contributed by atoms with Crippen LogP contribution in [0.25, 0.3) is 0 Å². The zero-order valence-corrected chi connectivity index (χ0v) is 15.5. The van der Waals surface area contributed by atoms with E-state index in [1.165, 1.54) is 18.6 Å². The number of amides is 1. The van der Waals surface area contributed by atoms with E-state index < -0.39 is 5.82 Å². The topological polar surface area (TPSA) is 63.5 Å². The minimum atomic E-state index is -0.460. The lowest BCUT2D eigenvalue weighted by atomic mass is 10.2. The Morgan fingerprint density at radius 2 is 2.07 bits per heavy atom. The van der Waals surface area contributed by atoms with Crippen LogP contribution >= 0.6 is 0 Å². The predicted octanol–water partition coefficient (Wildman–Crippen LogP) is 1.65. The van der Waals surface area contributed by atoms with Crippen molar-refractivity contribution in [1.82, 2.24) is 24.6 Å². The van der Waals surface area contributed by atoms with Crippen LogP contribution in [0.1, 0.15) is 30.5 Å². The Morgan fingerprint density at radius 3 is 2.85 bits per heavy atom. The third kappa shape index (κ3) is 3.66. The molecule has 1 atom stereocenters. The summed E-state index contributed by atoms with van der Waals surface area (Å²) < 4.78 is 21.2. The van der Waals surface area contributed by atoms with E-state index in [9.17, 15) is 9.18 Å². The number of hydrogen-bond acceptors (Lipinski definition) is 5. The van der Waals surface area contributed by atoms with E-state index in [-0.39, 0.29) is 18.3 Å². The van der Waals surface area contributed by atoms with Crippen LogP contribution in [0.2, 0.25) is 0 Å². The number of nitrogens with zero attached hydrogens (tertiary/aromatic N) is 5. The molecule has 1 aromatic heterocycles.